The Labute approximate surface area is 81.4 Å². The summed E-state index contributed by atoms with van der Waals surface area (Å²) in [7, 11) is 0. The summed E-state index contributed by atoms with van der Waals surface area (Å²) in [5.74, 6) is -0.712. The minimum absolute atomic E-state index is 0.194. The fourth-order valence-corrected chi connectivity index (χ4v) is 1.86. The second-order valence-corrected chi connectivity index (χ2v) is 3.46. The van der Waals surface area contributed by atoms with Crippen LogP contribution in [0.2, 0.25) is 0 Å². The quantitative estimate of drug-likeness (QED) is 0.729. The van der Waals surface area contributed by atoms with E-state index in [1.54, 1.807) is 12.1 Å². The van der Waals surface area contributed by atoms with E-state index in [1.807, 2.05) is 6.07 Å². The topological polar surface area (TPSA) is 54.4 Å². The average molecular weight is 190 g/mol. The van der Waals surface area contributed by atoms with Crippen molar-refractivity contribution in [1.82, 2.24) is 0 Å². The first-order chi connectivity index (χ1) is 6.68. The molecule has 0 aromatic heterocycles. The predicted molar refractivity (Wildman–Crippen MR) is 50.4 cm³/mol. The molecule has 1 aromatic rings. The SMILES string of the molecule is O=C1CCc2c(cccc2C(=O)O)C1. The van der Waals surface area contributed by atoms with Crippen molar-refractivity contribution in [2.24, 2.45) is 0 Å². The Morgan fingerprint density at radius 3 is 2.79 bits per heavy atom. The van der Waals surface area contributed by atoms with Gasteiger partial charge in [-0.15, -0.1) is 0 Å². The Balaban J connectivity index is 2.52. The summed E-state index contributed by atoms with van der Waals surface area (Å²) < 4.78 is 0. The van der Waals surface area contributed by atoms with E-state index in [0.717, 1.165) is 11.1 Å². The molecule has 0 saturated carbocycles. The van der Waals surface area contributed by atoms with Gasteiger partial charge in [-0.25, -0.2) is 4.79 Å². The van der Waals surface area contributed by atoms with Crippen LogP contribution in [0.3, 0.4) is 0 Å². The van der Waals surface area contributed by atoms with Crippen LogP contribution in [-0.2, 0) is 17.6 Å². The number of Topliss-reactive ketones (excluding diaryl/α,β-unsaturated/α-hetero) is 1. The van der Waals surface area contributed by atoms with Crippen molar-refractivity contribution in [2.75, 3.05) is 0 Å². The molecule has 1 N–H and O–H groups in total. The van der Waals surface area contributed by atoms with E-state index in [4.69, 9.17) is 5.11 Å². The van der Waals surface area contributed by atoms with Crippen molar-refractivity contribution in [2.45, 2.75) is 19.3 Å². The normalized spacial score (nSPS) is 15.0. The molecule has 0 heterocycles. The summed E-state index contributed by atoms with van der Waals surface area (Å²) >= 11 is 0. The Bertz CT molecular complexity index is 407. The van der Waals surface area contributed by atoms with Crippen LogP contribution in [0.1, 0.15) is 27.9 Å². The first kappa shape index (κ1) is 8.94. The van der Waals surface area contributed by atoms with Crippen LogP contribution >= 0.6 is 0 Å². The molecule has 2 rings (SSSR count). The van der Waals surface area contributed by atoms with Crippen LogP contribution in [0, 0.1) is 0 Å². The van der Waals surface area contributed by atoms with E-state index >= 15 is 0 Å². The van der Waals surface area contributed by atoms with E-state index in [1.165, 1.54) is 0 Å². The van der Waals surface area contributed by atoms with Gasteiger partial charge >= 0.3 is 5.97 Å². The summed E-state index contributed by atoms with van der Waals surface area (Å²) in [4.78, 5) is 22.0. The van der Waals surface area contributed by atoms with E-state index in [2.05, 4.69) is 0 Å². The molecule has 0 fully saturated rings. The standard InChI is InChI=1S/C11H10O3/c12-8-4-5-9-7(6-8)2-1-3-10(9)11(13)14/h1-3H,4-6H2,(H,13,14). The molecule has 3 heteroatoms. The zero-order valence-corrected chi connectivity index (χ0v) is 7.62. The molecule has 0 amide bonds. The number of hydrogen-bond acceptors (Lipinski definition) is 2. The molecule has 14 heavy (non-hydrogen) atoms. The molecule has 0 radical (unpaired) electrons. The van der Waals surface area contributed by atoms with Gasteiger partial charge in [0.25, 0.3) is 0 Å². The number of carbonyl (C=O) groups is 2. The smallest absolute Gasteiger partial charge is 0.335 e. The van der Waals surface area contributed by atoms with Gasteiger partial charge in [0.2, 0.25) is 0 Å². The number of carboxylic acids is 1. The number of carbonyl (C=O) groups excluding carboxylic acids is 1. The Morgan fingerprint density at radius 1 is 1.29 bits per heavy atom. The Hall–Kier alpha value is -1.64. The number of carboxylic acid groups (broad SMARTS) is 1. The van der Waals surface area contributed by atoms with Crippen molar-refractivity contribution < 1.29 is 14.7 Å². The number of benzene rings is 1. The highest BCUT2D eigenvalue weighted by Crippen LogP contribution is 2.22. The summed E-state index contributed by atoms with van der Waals surface area (Å²) in [6.45, 7) is 0. The van der Waals surface area contributed by atoms with E-state index in [-0.39, 0.29) is 5.78 Å². The molecule has 0 spiro atoms. The van der Waals surface area contributed by atoms with Crippen LogP contribution in [0.15, 0.2) is 18.2 Å². The fraction of sp³-hybridized carbons (Fsp3) is 0.273. The summed E-state index contributed by atoms with van der Waals surface area (Å²) in [6.07, 6.45) is 1.42. The Morgan fingerprint density at radius 2 is 2.07 bits per heavy atom. The summed E-state index contributed by atoms with van der Waals surface area (Å²) in [5, 5.41) is 8.92. The van der Waals surface area contributed by atoms with Gasteiger partial charge in [0, 0.05) is 12.8 Å². The van der Waals surface area contributed by atoms with Crippen LogP contribution < -0.4 is 0 Å². The monoisotopic (exact) mass is 190 g/mol. The largest absolute Gasteiger partial charge is 0.478 e. The lowest BCUT2D eigenvalue weighted by Crippen LogP contribution is -2.16. The van der Waals surface area contributed by atoms with Crippen molar-refractivity contribution in [3.05, 3.63) is 34.9 Å². The van der Waals surface area contributed by atoms with Crippen molar-refractivity contribution in [3.8, 4) is 0 Å². The van der Waals surface area contributed by atoms with Crippen molar-refractivity contribution in [1.29, 1.82) is 0 Å². The van der Waals surface area contributed by atoms with Gasteiger partial charge in [-0.3, -0.25) is 4.79 Å². The zero-order chi connectivity index (χ0) is 10.1. The highest BCUT2D eigenvalue weighted by atomic mass is 16.4. The molecule has 1 aliphatic carbocycles. The molecule has 3 nitrogen and oxygen atoms in total. The van der Waals surface area contributed by atoms with Crippen molar-refractivity contribution in [3.63, 3.8) is 0 Å². The number of hydrogen-bond donors (Lipinski definition) is 1. The van der Waals surface area contributed by atoms with Crippen LogP contribution in [0.4, 0.5) is 0 Å². The molecule has 0 bridgehead atoms. The number of aromatic carboxylic acids is 1. The minimum atomic E-state index is -0.906. The first-order valence-corrected chi connectivity index (χ1v) is 4.54. The molecule has 0 saturated heterocycles. The second kappa shape index (κ2) is 3.25. The lowest BCUT2D eigenvalue weighted by Gasteiger charge is -2.16. The maximum Gasteiger partial charge on any atom is 0.335 e. The van der Waals surface area contributed by atoms with E-state index in [9.17, 15) is 9.59 Å². The third-order valence-corrected chi connectivity index (χ3v) is 2.54. The molecule has 0 aliphatic heterocycles. The van der Waals surface area contributed by atoms with Gasteiger partial charge in [0.1, 0.15) is 5.78 Å². The molecule has 72 valence electrons. The third kappa shape index (κ3) is 1.41. The first-order valence-electron chi connectivity index (χ1n) is 4.54. The predicted octanol–water partition coefficient (Wildman–Crippen LogP) is 1.44. The van der Waals surface area contributed by atoms with Gasteiger partial charge in [-0.2, -0.15) is 0 Å². The summed E-state index contributed by atoms with van der Waals surface area (Å²) in [5.41, 5.74) is 2.05. The van der Waals surface area contributed by atoms with Gasteiger partial charge in [-0.05, 0) is 23.6 Å². The van der Waals surface area contributed by atoms with Gasteiger partial charge < -0.3 is 5.11 Å². The van der Waals surface area contributed by atoms with Crippen LogP contribution in [0.5, 0.6) is 0 Å². The van der Waals surface area contributed by atoms with Crippen molar-refractivity contribution >= 4 is 11.8 Å². The highest BCUT2D eigenvalue weighted by Gasteiger charge is 2.20. The second-order valence-electron chi connectivity index (χ2n) is 3.46. The molecule has 0 atom stereocenters. The molecule has 1 aromatic carbocycles. The van der Waals surface area contributed by atoms with E-state index < -0.39 is 5.97 Å². The lowest BCUT2D eigenvalue weighted by molar-refractivity contribution is -0.118. The summed E-state index contributed by atoms with van der Waals surface area (Å²) in [6, 6.07) is 5.12. The van der Waals surface area contributed by atoms with Crippen LogP contribution in [0.25, 0.3) is 0 Å². The lowest BCUT2D eigenvalue weighted by atomic mass is 9.87. The van der Waals surface area contributed by atoms with Crippen LogP contribution in [-0.4, -0.2) is 16.9 Å². The fourth-order valence-electron chi connectivity index (χ4n) is 1.86. The molecule has 1 aliphatic rings. The van der Waals surface area contributed by atoms with Gasteiger partial charge in [0.05, 0.1) is 5.56 Å². The zero-order valence-electron chi connectivity index (χ0n) is 7.62. The van der Waals surface area contributed by atoms with E-state index in [0.29, 0.717) is 24.8 Å². The maximum atomic E-state index is 11.2. The molecular formula is C11H10O3. The third-order valence-electron chi connectivity index (χ3n) is 2.54. The molecular weight excluding hydrogens is 180 g/mol. The maximum absolute atomic E-state index is 11.2. The molecule has 0 unspecified atom stereocenters. The average Bonchev–Trinajstić information content (AvgIpc) is 2.16. The number of rotatable bonds is 1. The minimum Gasteiger partial charge on any atom is -0.478 e. The van der Waals surface area contributed by atoms with Gasteiger partial charge in [0.15, 0.2) is 0 Å². The Kier molecular flexibility index (Phi) is 2.08. The highest BCUT2D eigenvalue weighted by molar-refractivity contribution is 5.92. The number of fused-ring (bicyclic) bond motifs is 1. The number of ketones is 1. The van der Waals surface area contributed by atoms with Gasteiger partial charge in [-0.1, -0.05) is 12.1 Å².